The summed E-state index contributed by atoms with van der Waals surface area (Å²) in [5.74, 6) is -1.29. The Bertz CT molecular complexity index is 659. The standard InChI is InChI=1S/C14H12ClN3O2/c15-12-8-10(6-7-11(12)13(19)20)18(14(16)17)9-4-2-1-3-5-9/h1-8H,(H3,16,17)(H,19,20). The summed E-state index contributed by atoms with van der Waals surface area (Å²) in [6.07, 6.45) is 0. The fourth-order valence-electron chi connectivity index (χ4n) is 1.82. The van der Waals surface area contributed by atoms with Crippen molar-refractivity contribution in [1.29, 1.82) is 5.41 Å². The highest BCUT2D eigenvalue weighted by molar-refractivity contribution is 6.33. The van der Waals surface area contributed by atoms with Crippen molar-refractivity contribution in [3.63, 3.8) is 0 Å². The average molecular weight is 290 g/mol. The predicted octanol–water partition coefficient (Wildman–Crippen LogP) is 3.07. The van der Waals surface area contributed by atoms with E-state index in [1.807, 2.05) is 18.2 Å². The first-order valence-electron chi connectivity index (χ1n) is 5.72. The number of carboxylic acids is 1. The maximum atomic E-state index is 10.9. The monoisotopic (exact) mass is 289 g/mol. The summed E-state index contributed by atoms with van der Waals surface area (Å²) in [5.41, 5.74) is 6.83. The van der Waals surface area contributed by atoms with Crippen molar-refractivity contribution in [3.05, 3.63) is 59.1 Å². The van der Waals surface area contributed by atoms with Gasteiger partial charge in [-0.1, -0.05) is 29.8 Å². The van der Waals surface area contributed by atoms with Gasteiger partial charge in [0.15, 0.2) is 5.96 Å². The Labute approximate surface area is 120 Å². The van der Waals surface area contributed by atoms with Crippen molar-refractivity contribution in [1.82, 2.24) is 0 Å². The summed E-state index contributed by atoms with van der Waals surface area (Å²) in [6.45, 7) is 0. The summed E-state index contributed by atoms with van der Waals surface area (Å²) in [7, 11) is 0. The Hall–Kier alpha value is -2.53. The summed E-state index contributed by atoms with van der Waals surface area (Å²) in [4.78, 5) is 12.4. The van der Waals surface area contributed by atoms with Crippen LogP contribution in [0.3, 0.4) is 0 Å². The number of halogens is 1. The molecule has 0 saturated carbocycles. The lowest BCUT2D eigenvalue weighted by molar-refractivity contribution is 0.0697. The molecule has 0 amide bonds. The van der Waals surface area contributed by atoms with Gasteiger partial charge in [0.05, 0.1) is 16.3 Å². The zero-order valence-electron chi connectivity index (χ0n) is 10.4. The smallest absolute Gasteiger partial charge is 0.337 e. The molecule has 0 aromatic heterocycles. The van der Waals surface area contributed by atoms with Gasteiger partial charge in [0.25, 0.3) is 0 Å². The molecular formula is C14H12ClN3O2. The third-order valence-electron chi connectivity index (χ3n) is 2.70. The lowest BCUT2D eigenvalue weighted by Crippen LogP contribution is -2.32. The van der Waals surface area contributed by atoms with E-state index in [4.69, 9.17) is 27.9 Å². The zero-order valence-corrected chi connectivity index (χ0v) is 11.1. The molecule has 102 valence electrons. The molecule has 2 aromatic rings. The molecule has 20 heavy (non-hydrogen) atoms. The largest absolute Gasteiger partial charge is 0.478 e. The SMILES string of the molecule is N=C(N)N(c1ccccc1)c1ccc(C(=O)O)c(Cl)c1. The summed E-state index contributed by atoms with van der Waals surface area (Å²) in [5, 5.41) is 16.7. The van der Waals surface area contributed by atoms with Gasteiger partial charge < -0.3 is 10.8 Å². The Morgan fingerprint density at radius 2 is 1.80 bits per heavy atom. The number of nitrogens with zero attached hydrogens (tertiary/aromatic N) is 1. The Morgan fingerprint density at radius 3 is 2.30 bits per heavy atom. The van der Waals surface area contributed by atoms with Crippen LogP contribution in [0.25, 0.3) is 0 Å². The molecule has 5 nitrogen and oxygen atoms in total. The summed E-state index contributed by atoms with van der Waals surface area (Å²) >= 11 is 5.94. The van der Waals surface area contributed by atoms with Crippen LogP contribution < -0.4 is 10.6 Å². The number of carboxylic acid groups (broad SMARTS) is 1. The fraction of sp³-hybridized carbons (Fsp3) is 0. The summed E-state index contributed by atoms with van der Waals surface area (Å²) in [6, 6.07) is 13.5. The molecule has 6 heteroatoms. The molecular weight excluding hydrogens is 278 g/mol. The minimum absolute atomic E-state index is 0.00646. The quantitative estimate of drug-likeness (QED) is 0.598. The van der Waals surface area contributed by atoms with Crippen molar-refractivity contribution >= 4 is 34.9 Å². The highest BCUT2D eigenvalue weighted by Gasteiger charge is 2.15. The van der Waals surface area contributed by atoms with E-state index in [9.17, 15) is 4.79 Å². The molecule has 0 atom stereocenters. The van der Waals surface area contributed by atoms with E-state index in [0.29, 0.717) is 11.4 Å². The molecule has 0 bridgehead atoms. The Morgan fingerprint density at radius 1 is 1.15 bits per heavy atom. The van der Waals surface area contributed by atoms with Gasteiger partial charge in [0.1, 0.15) is 0 Å². The van der Waals surface area contributed by atoms with E-state index >= 15 is 0 Å². The molecule has 0 saturated heterocycles. The maximum Gasteiger partial charge on any atom is 0.337 e. The van der Waals surface area contributed by atoms with E-state index in [0.717, 1.165) is 0 Å². The van der Waals surface area contributed by atoms with Gasteiger partial charge in [-0.2, -0.15) is 0 Å². The fourth-order valence-corrected chi connectivity index (χ4v) is 2.08. The molecule has 2 rings (SSSR count). The van der Waals surface area contributed by atoms with E-state index < -0.39 is 5.97 Å². The van der Waals surface area contributed by atoms with Gasteiger partial charge in [0.2, 0.25) is 0 Å². The van der Waals surface area contributed by atoms with E-state index in [1.165, 1.54) is 17.0 Å². The highest BCUT2D eigenvalue weighted by atomic mass is 35.5. The van der Waals surface area contributed by atoms with Crippen molar-refractivity contribution < 1.29 is 9.90 Å². The normalized spacial score (nSPS) is 10.1. The second-order valence-electron chi connectivity index (χ2n) is 4.03. The third-order valence-corrected chi connectivity index (χ3v) is 3.01. The molecule has 0 unspecified atom stereocenters. The van der Waals surface area contributed by atoms with Gasteiger partial charge in [-0.25, -0.2) is 4.79 Å². The van der Waals surface area contributed by atoms with Gasteiger partial charge in [0, 0.05) is 5.69 Å². The van der Waals surface area contributed by atoms with Crippen molar-refractivity contribution in [2.45, 2.75) is 0 Å². The molecule has 0 radical (unpaired) electrons. The molecule has 0 spiro atoms. The first kappa shape index (κ1) is 13.9. The lowest BCUT2D eigenvalue weighted by atomic mass is 10.2. The van der Waals surface area contributed by atoms with E-state index in [2.05, 4.69) is 0 Å². The van der Waals surface area contributed by atoms with Crippen LogP contribution in [0.4, 0.5) is 11.4 Å². The number of anilines is 2. The van der Waals surface area contributed by atoms with Crippen LogP contribution in [-0.2, 0) is 0 Å². The minimum Gasteiger partial charge on any atom is -0.478 e. The Balaban J connectivity index is 2.49. The predicted molar refractivity (Wildman–Crippen MR) is 78.9 cm³/mol. The minimum atomic E-state index is -1.10. The van der Waals surface area contributed by atoms with Crippen LogP contribution in [0.15, 0.2) is 48.5 Å². The number of rotatable bonds is 3. The topological polar surface area (TPSA) is 90.4 Å². The molecule has 0 aliphatic carbocycles. The zero-order chi connectivity index (χ0) is 14.7. The van der Waals surface area contributed by atoms with Crippen LogP contribution in [-0.4, -0.2) is 17.0 Å². The van der Waals surface area contributed by atoms with Crippen LogP contribution in [0.5, 0.6) is 0 Å². The van der Waals surface area contributed by atoms with Gasteiger partial charge in [-0.05, 0) is 30.3 Å². The summed E-state index contributed by atoms with van der Waals surface area (Å²) < 4.78 is 0. The number of carbonyl (C=O) groups is 1. The number of aromatic carboxylic acids is 1. The molecule has 0 aliphatic rings. The number of para-hydroxylation sites is 1. The van der Waals surface area contributed by atoms with Crippen molar-refractivity contribution in [2.75, 3.05) is 4.90 Å². The van der Waals surface area contributed by atoms with Gasteiger partial charge in [-0.15, -0.1) is 0 Å². The number of hydrogen-bond donors (Lipinski definition) is 3. The first-order valence-corrected chi connectivity index (χ1v) is 6.10. The average Bonchev–Trinajstić information content (AvgIpc) is 2.39. The first-order chi connectivity index (χ1) is 9.50. The highest BCUT2D eigenvalue weighted by Crippen LogP contribution is 2.29. The third kappa shape index (κ3) is 2.73. The number of nitrogens with two attached hydrogens (primary N) is 1. The molecule has 0 heterocycles. The number of hydrogen-bond acceptors (Lipinski definition) is 2. The molecule has 0 fully saturated rings. The van der Waals surface area contributed by atoms with Gasteiger partial charge >= 0.3 is 5.97 Å². The van der Waals surface area contributed by atoms with Crippen molar-refractivity contribution in [2.24, 2.45) is 5.73 Å². The number of benzene rings is 2. The molecule has 2 aromatic carbocycles. The second kappa shape index (κ2) is 5.63. The number of guanidine groups is 1. The van der Waals surface area contributed by atoms with Crippen LogP contribution in [0.1, 0.15) is 10.4 Å². The second-order valence-corrected chi connectivity index (χ2v) is 4.43. The lowest BCUT2D eigenvalue weighted by Gasteiger charge is -2.23. The van der Waals surface area contributed by atoms with Crippen LogP contribution in [0, 0.1) is 5.41 Å². The molecule has 4 N–H and O–H groups in total. The maximum absolute atomic E-state index is 10.9. The van der Waals surface area contributed by atoms with E-state index in [-0.39, 0.29) is 16.5 Å². The van der Waals surface area contributed by atoms with Crippen molar-refractivity contribution in [3.8, 4) is 0 Å². The van der Waals surface area contributed by atoms with E-state index in [1.54, 1.807) is 18.2 Å². The van der Waals surface area contributed by atoms with Crippen LogP contribution in [0.2, 0.25) is 5.02 Å². The molecule has 0 aliphatic heterocycles. The number of nitrogens with one attached hydrogen (secondary N) is 1. The van der Waals surface area contributed by atoms with Crippen LogP contribution >= 0.6 is 11.6 Å². The Kier molecular flexibility index (Phi) is 3.91. The van der Waals surface area contributed by atoms with Gasteiger partial charge in [-0.3, -0.25) is 10.3 Å².